The van der Waals surface area contributed by atoms with Crippen LogP contribution in [0.5, 0.6) is 0 Å². The van der Waals surface area contributed by atoms with Gasteiger partial charge in [0.15, 0.2) is 11.5 Å². The maximum absolute atomic E-state index is 13.3. The number of halogens is 1. The van der Waals surface area contributed by atoms with E-state index in [1.165, 1.54) is 72.3 Å². The van der Waals surface area contributed by atoms with Gasteiger partial charge in [0.25, 0.3) is 0 Å². The lowest BCUT2D eigenvalue weighted by Crippen LogP contribution is -2.17. The van der Waals surface area contributed by atoms with Crippen molar-refractivity contribution >= 4 is 34.3 Å². The fourth-order valence-electron chi connectivity index (χ4n) is 4.25. The van der Waals surface area contributed by atoms with Crippen LogP contribution >= 0.6 is 0 Å². The number of rotatable bonds is 5. The van der Waals surface area contributed by atoms with E-state index in [2.05, 4.69) is 59.4 Å². The molecule has 4 heterocycles. The summed E-state index contributed by atoms with van der Waals surface area (Å²) in [5, 5.41) is 8.21. The molecule has 0 aliphatic carbocycles. The van der Waals surface area contributed by atoms with Crippen molar-refractivity contribution in [3.05, 3.63) is 53.9 Å². The summed E-state index contributed by atoms with van der Waals surface area (Å²) in [6, 6.07) is 5.66. The van der Waals surface area contributed by atoms with Gasteiger partial charge in [0.05, 0.1) is 16.9 Å². The zero-order chi connectivity index (χ0) is 25.4. The summed E-state index contributed by atoms with van der Waals surface area (Å²) < 4.78 is 16.8. The molecule has 0 radical (unpaired) electrons. The summed E-state index contributed by atoms with van der Waals surface area (Å²) in [7, 11) is 1.99. The smallest absolute Gasteiger partial charge is 0.211 e. The van der Waals surface area contributed by atoms with Crippen LogP contribution in [0.25, 0.3) is 16.6 Å². The Morgan fingerprint density at radius 2 is 1.80 bits per heavy atom. The number of carbonyl (C=O) groups is 1. The number of anilines is 2. The number of aryl methyl sites for hydroxylation is 3. The van der Waals surface area contributed by atoms with Gasteiger partial charge in [-0.05, 0) is 38.3 Å². The fourth-order valence-corrected chi connectivity index (χ4v) is 4.25. The molecule has 8 heteroatoms. The first-order valence-electron chi connectivity index (χ1n) is 12.4. The summed E-state index contributed by atoms with van der Waals surface area (Å²) in [5.41, 5.74) is 5.16. The summed E-state index contributed by atoms with van der Waals surface area (Å²) in [6.45, 7) is 10.7. The van der Waals surface area contributed by atoms with Gasteiger partial charge < -0.3 is 14.6 Å². The SMILES string of the molecule is CCCCC.Cc1ccc(N2CCCC2)c2cn(C)nc12.Cc1cn2cc(NC=O)cc(F)c2n1. The normalized spacial score (nSPS) is 12.8. The average Bonchev–Trinajstić information content (AvgIpc) is 3.56. The van der Waals surface area contributed by atoms with Gasteiger partial charge in [0.1, 0.15) is 0 Å². The quantitative estimate of drug-likeness (QED) is 0.354. The lowest BCUT2D eigenvalue weighted by Gasteiger charge is -2.18. The molecule has 4 aromatic rings. The number of amides is 1. The molecule has 1 aromatic carbocycles. The first kappa shape index (κ1) is 26.2. The third kappa shape index (κ3) is 6.59. The molecule has 3 aromatic heterocycles. The molecule has 1 N–H and O–H groups in total. The number of carbonyl (C=O) groups excluding carboxylic acids is 1. The van der Waals surface area contributed by atoms with Gasteiger partial charge in [-0.15, -0.1) is 0 Å². The minimum Gasteiger partial charge on any atom is -0.371 e. The van der Waals surface area contributed by atoms with Crippen LogP contribution in [-0.2, 0) is 11.8 Å². The van der Waals surface area contributed by atoms with Crippen molar-refractivity contribution in [2.24, 2.45) is 7.05 Å². The van der Waals surface area contributed by atoms with Crippen molar-refractivity contribution in [1.29, 1.82) is 0 Å². The van der Waals surface area contributed by atoms with E-state index in [4.69, 9.17) is 0 Å². The Balaban J connectivity index is 0.000000166. The number of benzene rings is 1. The highest BCUT2D eigenvalue weighted by Crippen LogP contribution is 2.30. The summed E-state index contributed by atoms with van der Waals surface area (Å²) >= 11 is 0. The van der Waals surface area contributed by atoms with Crippen molar-refractivity contribution in [2.75, 3.05) is 23.3 Å². The Morgan fingerprint density at radius 3 is 2.43 bits per heavy atom. The number of hydrogen-bond acceptors (Lipinski definition) is 4. The second kappa shape index (κ2) is 12.3. The van der Waals surface area contributed by atoms with Crippen LogP contribution in [0.4, 0.5) is 15.8 Å². The first-order valence-corrected chi connectivity index (χ1v) is 12.4. The van der Waals surface area contributed by atoms with Crippen LogP contribution in [0, 0.1) is 19.7 Å². The summed E-state index contributed by atoms with van der Waals surface area (Å²) in [5.74, 6) is -0.454. The van der Waals surface area contributed by atoms with Gasteiger partial charge in [-0.3, -0.25) is 9.48 Å². The molecule has 7 nitrogen and oxygen atoms in total. The predicted molar refractivity (Wildman–Crippen MR) is 142 cm³/mol. The van der Waals surface area contributed by atoms with E-state index in [1.54, 1.807) is 19.3 Å². The second-order valence-corrected chi connectivity index (χ2v) is 8.97. The lowest BCUT2D eigenvalue weighted by molar-refractivity contribution is -0.105. The third-order valence-electron chi connectivity index (χ3n) is 5.98. The summed E-state index contributed by atoms with van der Waals surface area (Å²) in [6.07, 6.45) is 12.6. The van der Waals surface area contributed by atoms with Crippen LogP contribution in [0.2, 0.25) is 0 Å². The maximum atomic E-state index is 13.3. The number of nitrogens with one attached hydrogen (secondary N) is 1. The van der Waals surface area contributed by atoms with E-state index in [1.807, 2.05) is 11.7 Å². The molecule has 188 valence electrons. The largest absolute Gasteiger partial charge is 0.371 e. The van der Waals surface area contributed by atoms with E-state index < -0.39 is 5.82 Å². The Kier molecular flexibility index (Phi) is 9.23. The monoisotopic (exact) mass is 480 g/mol. The number of nitrogens with zero attached hydrogens (tertiary/aromatic N) is 5. The molecule has 0 saturated carbocycles. The topological polar surface area (TPSA) is 67.5 Å². The van der Waals surface area contributed by atoms with Crippen LogP contribution < -0.4 is 10.2 Å². The third-order valence-corrected chi connectivity index (χ3v) is 5.98. The van der Waals surface area contributed by atoms with Gasteiger partial charge in [-0.25, -0.2) is 9.37 Å². The van der Waals surface area contributed by atoms with Gasteiger partial charge in [-0.1, -0.05) is 39.2 Å². The highest BCUT2D eigenvalue weighted by molar-refractivity contribution is 5.93. The number of hydrogen-bond donors (Lipinski definition) is 1. The van der Waals surface area contributed by atoms with Crippen molar-refractivity contribution in [3.8, 4) is 0 Å². The second-order valence-electron chi connectivity index (χ2n) is 8.97. The van der Waals surface area contributed by atoms with E-state index in [-0.39, 0.29) is 5.65 Å². The molecular formula is C27H37FN6O. The highest BCUT2D eigenvalue weighted by atomic mass is 19.1. The first-order chi connectivity index (χ1) is 16.9. The van der Waals surface area contributed by atoms with Gasteiger partial charge in [0.2, 0.25) is 6.41 Å². The molecule has 1 amide bonds. The molecule has 1 saturated heterocycles. The number of imidazole rings is 1. The Morgan fingerprint density at radius 1 is 1.09 bits per heavy atom. The Bertz CT molecular complexity index is 1250. The molecule has 0 atom stereocenters. The zero-order valence-corrected chi connectivity index (χ0v) is 21.5. The van der Waals surface area contributed by atoms with Crippen LogP contribution in [0.3, 0.4) is 0 Å². The molecule has 0 bridgehead atoms. The molecule has 1 aliphatic heterocycles. The van der Waals surface area contributed by atoms with Crippen molar-refractivity contribution in [1.82, 2.24) is 19.2 Å². The molecule has 0 spiro atoms. The summed E-state index contributed by atoms with van der Waals surface area (Å²) in [4.78, 5) is 16.6. The highest BCUT2D eigenvalue weighted by Gasteiger charge is 2.16. The van der Waals surface area contributed by atoms with Crippen LogP contribution in [-0.4, -0.2) is 38.7 Å². The molecule has 5 rings (SSSR count). The standard InChI is InChI=1S/C13H17N3.C9H8FN3O.C5H12/c1-10-5-6-12(16-7-3-4-8-16)11-9-15(2)14-13(10)11;1-6-3-13-4-7(11-5-14)2-8(10)9(13)12-6;1-3-5-4-2/h5-6,9H,3-4,7-8H2,1-2H3;2-5H,1H3,(H,11,14);3-5H2,1-2H3. The van der Waals surface area contributed by atoms with E-state index >= 15 is 0 Å². The van der Waals surface area contributed by atoms with Crippen molar-refractivity contribution < 1.29 is 9.18 Å². The van der Waals surface area contributed by atoms with Crippen molar-refractivity contribution in [2.45, 2.75) is 59.8 Å². The molecule has 35 heavy (non-hydrogen) atoms. The fraction of sp³-hybridized carbons (Fsp3) is 0.444. The van der Waals surface area contributed by atoms with E-state index in [9.17, 15) is 9.18 Å². The number of fused-ring (bicyclic) bond motifs is 2. The predicted octanol–water partition coefficient (Wildman–Crippen LogP) is 6.03. The van der Waals surface area contributed by atoms with Gasteiger partial charge in [0, 0.05) is 55.9 Å². The van der Waals surface area contributed by atoms with Gasteiger partial charge >= 0.3 is 0 Å². The molecule has 1 fully saturated rings. The zero-order valence-electron chi connectivity index (χ0n) is 21.5. The molecule has 1 aliphatic rings. The maximum Gasteiger partial charge on any atom is 0.211 e. The van der Waals surface area contributed by atoms with Crippen molar-refractivity contribution in [3.63, 3.8) is 0 Å². The van der Waals surface area contributed by atoms with Crippen LogP contribution in [0.1, 0.15) is 57.2 Å². The Labute approximate surface area is 207 Å². The molecule has 0 unspecified atom stereocenters. The number of aromatic nitrogens is 4. The minimum absolute atomic E-state index is 0.263. The molecular weight excluding hydrogens is 443 g/mol. The van der Waals surface area contributed by atoms with Crippen LogP contribution in [0.15, 0.2) is 36.8 Å². The van der Waals surface area contributed by atoms with Gasteiger partial charge in [-0.2, -0.15) is 5.10 Å². The average molecular weight is 481 g/mol. The minimum atomic E-state index is -0.454. The number of unbranched alkanes of at least 4 members (excludes halogenated alkanes) is 2. The Hall–Kier alpha value is -3.42. The van der Waals surface area contributed by atoms with E-state index in [0.717, 1.165) is 11.2 Å². The van der Waals surface area contributed by atoms with E-state index in [0.29, 0.717) is 12.1 Å². The number of pyridine rings is 1. The lowest BCUT2D eigenvalue weighted by atomic mass is 10.1.